The summed E-state index contributed by atoms with van der Waals surface area (Å²) in [5.41, 5.74) is 5.53. The van der Waals surface area contributed by atoms with Crippen LogP contribution in [0.25, 0.3) is 22.3 Å². The second-order valence-electron chi connectivity index (χ2n) is 7.30. The van der Waals surface area contributed by atoms with Crippen LogP contribution in [-0.4, -0.2) is 9.97 Å². The zero-order valence-corrected chi connectivity index (χ0v) is 18.3. The minimum atomic E-state index is 0.739. The summed E-state index contributed by atoms with van der Waals surface area (Å²) in [6, 6.07) is 23.0. The number of hydrogen-bond donors (Lipinski definition) is 1. The molecular weight excluding hydrogens is 422 g/mol. The Kier molecular flexibility index (Phi) is 5.91. The second kappa shape index (κ2) is 8.75. The number of halogens is 1. The summed E-state index contributed by atoms with van der Waals surface area (Å²) in [6.07, 6.45) is 3.54. The lowest BCUT2D eigenvalue weighted by Gasteiger charge is -2.13. The van der Waals surface area contributed by atoms with Crippen molar-refractivity contribution in [3.8, 4) is 11.4 Å². The topological polar surface area (TPSA) is 37.8 Å². The molecule has 0 aliphatic heterocycles. The fraction of sp³-hybridized carbons (Fsp3) is 0.200. The molecule has 0 fully saturated rings. The molecule has 3 aromatic carbocycles. The maximum absolute atomic E-state index is 4.89. The van der Waals surface area contributed by atoms with Crippen LogP contribution in [0, 0.1) is 6.92 Å². The number of aromatic nitrogens is 2. The third-order valence-electron chi connectivity index (χ3n) is 5.08. The van der Waals surface area contributed by atoms with Gasteiger partial charge < -0.3 is 5.32 Å². The summed E-state index contributed by atoms with van der Waals surface area (Å²) in [5.74, 6) is 1.56. The van der Waals surface area contributed by atoms with E-state index in [1.165, 1.54) is 18.4 Å². The third kappa shape index (κ3) is 4.48. The molecule has 0 spiro atoms. The van der Waals surface area contributed by atoms with Crippen molar-refractivity contribution in [1.29, 1.82) is 0 Å². The van der Waals surface area contributed by atoms with Crippen LogP contribution < -0.4 is 5.32 Å². The highest BCUT2D eigenvalue weighted by molar-refractivity contribution is 9.10. The van der Waals surface area contributed by atoms with E-state index in [1.54, 1.807) is 0 Å². The van der Waals surface area contributed by atoms with Crippen molar-refractivity contribution in [3.05, 3.63) is 82.3 Å². The second-order valence-corrected chi connectivity index (χ2v) is 8.21. The van der Waals surface area contributed by atoms with E-state index >= 15 is 0 Å². The number of unbranched alkanes of at least 4 members (excludes halogenated alkanes) is 1. The fourth-order valence-corrected chi connectivity index (χ4v) is 3.87. The molecule has 0 aliphatic carbocycles. The first kappa shape index (κ1) is 19.6. The van der Waals surface area contributed by atoms with Crippen LogP contribution in [0.1, 0.15) is 30.9 Å². The minimum absolute atomic E-state index is 0.739. The SMILES string of the molecule is CCCCc1ccc(-c2nc(Nc3ccc(Br)cc3C)c3ccccc3n2)cc1. The van der Waals surface area contributed by atoms with Crippen molar-refractivity contribution in [2.45, 2.75) is 33.1 Å². The van der Waals surface area contributed by atoms with Crippen LogP contribution >= 0.6 is 15.9 Å². The van der Waals surface area contributed by atoms with Crippen LogP contribution in [0.15, 0.2) is 71.2 Å². The van der Waals surface area contributed by atoms with Gasteiger partial charge in [0.25, 0.3) is 0 Å². The first-order valence-electron chi connectivity index (χ1n) is 10.0. The molecule has 0 radical (unpaired) electrons. The Labute approximate surface area is 180 Å². The van der Waals surface area contributed by atoms with Crippen LogP contribution in [-0.2, 0) is 6.42 Å². The Bertz CT molecular complexity index is 1140. The molecule has 1 heterocycles. The van der Waals surface area contributed by atoms with Gasteiger partial charge in [-0.25, -0.2) is 9.97 Å². The molecule has 0 saturated carbocycles. The van der Waals surface area contributed by atoms with E-state index in [0.717, 1.165) is 50.3 Å². The van der Waals surface area contributed by atoms with Crippen molar-refractivity contribution >= 4 is 38.3 Å². The molecule has 0 aliphatic rings. The van der Waals surface area contributed by atoms with Gasteiger partial charge in [-0.2, -0.15) is 0 Å². The zero-order chi connectivity index (χ0) is 20.2. The van der Waals surface area contributed by atoms with Gasteiger partial charge in [0, 0.05) is 21.1 Å². The van der Waals surface area contributed by atoms with E-state index < -0.39 is 0 Å². The smallest absolute Gasteiger partial charge is 0.162 e. The molecule has 3 nitrogen and oxygen atoms in total. The van der Waals surface area contributed by atoms with Gasteiger partial charge in [-0.1, -0.05) is 65.7 Å². The van der Waals surface area contributed by atoms with Gasteiger partial charge in [-0.3, -0.25) is 0 Å². The molecule has 4 heteroatoms. The van der Waals surface area contributed by atoms with Crippen LogP contribution in [0.2, 0.25) is 0 Å². The van der Waals surface area contributed by atoms with Gasteiger partial charge in [0.05, 0.1) is 5.52 Å². The number of aryl methyl sites for hydroxylation is 2. The minimum Gasteiger partial charge on any atom is -0.339 e. The summed E-state index contributed by atoms with van der Waals surface area (Å²) in [7, 11) is 0. The van der Waals surface area contributed by atoms with E-state index in [0.29, 0.717) is 0 Å². The van der Waals surface area contributed by atoms with E-state index in [2.05, 4.69) is 77.6 Å². The summed E-state index contributed by atoms with van der Waals surface area (Å²) >= 11 is 3.53. The van der Waals surface area contributed by atoms with Crippen LogP contribution in [0.5, 0.6) is 0 Å². The lowest BCUT2D eigenvalue weighted by molar-refractivity contribution is 0.795. The predicted molar refractivity (Wildman–Crippen MR) is 126 cm³/mol. The highest BCUT2D eigenvalue weighted by Crippen LogP contribution is 2.29. The molecule has 146 valence electrons. The summed E-state index contributed by atoms with van der Waals surface area (Å²) in [5, 5.41) is 4.53. The monoisotopic (exact) mass is 445 g/mol. The highest BCUT2D eigenvalue weighted by atomic mass is 79.9. The normalized spacial score (nSPS) is 11.0. The zero-order valence-electron chi connectivity index (χ0n) is 16.7. The van der Waals surface area contributed by atoms with Gasteiger partial charge in [0.2, 0.25) is 0 Å². The predicted octanol–water partition coefficient (Wildman–Crippen LogP) is 7.45. The number of rotatable bonds is 6. The van der Waals surface area contributed by atoms with Gasteiger partial charge in [-0.15, -0.1) is 0 Å². The Hall–Kier alpha value is -2.72. The Morgan fingerprint density at radius 1 is 0.931 bits per heavy atom. The standard InChI is InChI=1S/C25H24BrN3/c1-3-4-7-18-10-12-19(13-11-18)24-28-23-9-6-5-8-21(23)25(29-24)27-22-15-14-20(26)16-17(22)2/h5-6,8-16H,3-4,7H2,1-2H3,(H,27,28,29). The van der Waals surface area contributed by atoms with Crippen molar-refractivity contribution in [3.63, 3.8) is 0 Å². The molecule has 1 N–H and O–H groups in total. The Morgan fingerprint density at radius 3 is 2.48 bits per heavy atom. The van der Waals surface area contributed by atoms with Crippen molar-refractivity contribution in [1.82, 2.24) is 9.97 Å². The van der Waals surface area contributed by atoms with Crippen LogP contribution in [0.3, 0.4) is 0 Å². The lowest BCUT2D eigenvalue weighted by Crippen LogP contribution is -2.00. The largest absolute Gasteiger partial charge is 0.339 e. The van der Waals surface area contributed by atoms with Crippen molar-refractivity contribution in [2.75, 3.05) is 5.32 Å². The van der Waals surface area contributed by atoms with Crippen molar-refractivity contribution in [2.24, 2.45) is 0 Å². The molecule has 29 heavy (non-hydrogen) atoms. The van der Waals surface area contributed by atoms with E-state index in [9.17, 15) is 0 Å². The number of fused-ring (bicyclic) bond motifs is 1. The highest BCUT2D eigenvalue weighted by Gasteiger charge is 2.11. The number of anilines is 2. The first-order valence-corrected chi connectivity index (χ1v) is 10.8. The molecule has 0 bridgehead atoms. The number of benzene rings is 3. The average molecular weight is 446 g/mol. The number of para-hydroxylation sites is 1. The maximum Gasteiger partial charge on any atom is 0.162 e. The number of nitrogens with zero attached hydrogens (tertiary/aromatic N) is 2. The molecular formula is C25H24BrN3. The molecule has 0 unspecified atom stereocenters. The molecule has 0 saturated heterocycles. The number of hydrogen-bond acceptors (Lipinski definition) is 3. The average Bonchev–Trinajstić information content (AvgIpc) is 2.74. The molecule has 4 rings (SSSR count). The quantitative estimate of drug-likeness (QED) is 0.334. The van der Waals surface area contributed by atoms with E-state index in [1.807, 2.05) is 24.3 Å². The van der Waals surface area contributed by atoms with Gasteiger partial charge in [0.15, 0.2) is 5.82 Å². The fourth-order valence-electron chi connectivity index (χ4n) is 3.40. The molecule has 0 amide bonds. The Morgan fingerprint density at radius 2 is 1.72 bits per heavy atom. The molecule has 0 atom stereocenters. The van der Waals surface area contributed by atoms with Gasteiger partial charge in [0.1, 0.15) is 5.82 Å². The lowest BCUT2D eigenvalue weighted by atomic mass is 10.1. The summed E-state index contributed by atoms with van der Waals surface area (Å²) in [6.45, 7) is 4.31. The Balaban J connectivity index is 1.74. The number of nitrogens with one attached hydrogen (secondary N) is 1. The molecule has 1 aromatic heterocycles. The molecule has 4 aromatic rings. The van der Waals surface area contributed by atoms with E-state index in [4.69, 9.17) is 9.97 Å². The van der Waals surface area contributed by atoms with Crippen LogP contribution in [0.4, 0.5) is 11.5 Å². The summed E-state index contributed by atoms with van der Waals surface area (Å²) in [4.78, 5) is 9.71. The van der Waals surface area contributed by atoms with Gasteiger partial charge in [-0.05, 0) is 61.2 Å². The van der Waals surface area contributed by atoms with Crippen molar-refractivity contribution < 1.29 is 0 Å². The first-order chi connectivity index (χ1) is 14.1. The third-order valence-corrected chi connectivity index (χ3v) is 5.57. The summed E-state index contributed by atoms with van der Waals surface area (Å²) < 4.78 is 1.07. The van der Waals surface area contributed by atoms with E-state index in [-0.39, 0.29) is 0 Å². The van der Waals surface area contributed by atoms with Gasteiger partial charge >= 0.3 is 0 Å². The maximum atomic E-state index is 4.89.